The van der Waals surface area contributed by atoms with Crippen LogP contribution in [0.3, 0.4) is 0 Å². The number of benzene rings is 1. The number of aromatic amines is 1. The number of amides is 1. The molecule has 2 aliphatic heterocycles. The lowest BCUT2D eigenvalue weighted by Gasteiger charge is -2.58. The molecule has 0 unspecified atom stereocenters. The molecule has 0 radical (unpaired) electrons. The van der Waals surface area contributed by atoms with E-state index in [2.05, 4.69) is 54.1 Å². The van der Waals surface area contributed by atoms with Gasteiger partial charge in [-0.15, -0.1) is 0 Å². The molecule has 1 saturated carbocycles. The minimum Gasteiger partial charge on any atom is -0.350 e. The van der Waals surface area contributed by atoms with Gasteiger partial charge in [0.2, 0.25) is 5.91 Å². The molecule has 1 spiro atoms. The Morgan fingerprint density at radius 3 is 2.67 bits per heavy atom. The van der Waals surface area contributed by atoms with E-state index < -0.39 is 0 Å². The summed E-state index contributed by atoms with van der Waals surface area (Å²) in [5, 5.41) is 14.6. The van der Waals surface area contributed by atoms with Gasteiger partial charge in [-0.3, -0.25) is 14.6 Å². The summed E-state index contributed by atoms with van der Waals surface area (Å²) in [6.45, 7) is 15.3. The van der Waals surface area contributed by atoms with Gasteiger partial charge < -0.3 is 9.80 Å². The number of H-pyrrole nitrogens is 1. The zero-order valence-electron chi connectivity index (χ0n) is 21.7. The molecule has 2 saturated heterocycles. The molecule has 3 aromatic rings. The van der Waals surface area contributed by atoms with E-state index in [0.717, 1.165) is 71.8 Å². The van der Waals surface area contributed by atoms with Gasteiger partial charge in [-0.25, -0.2) is 0 Å². The number of aromatic nitrogens is 4. The van der Waals surface area contributed by atoms with Crippen molar-refractivity contribution in [1.82, 2.24) is 24.9 Å². The Labute approximate surface area is 217 Å². The van der Waals surface area contributed by atoms with Gasteiger partial charge in [0.1, 0.15) is 0 Å². The first-order valence-electron chi connectivity index (χ1n) is 13.0. The topological polar surface area (TPSA) is 70.1 Å². The lowest BCUT2D eigenvalue weighted by Crippen LogP contribution is -2.63. The molecule has 7 nitrogen and oxygen atoms in total. The average Bonchev–Trinajstić information content (AvgIpc) is 3.37. The van der Waals surface area contributed by atoms with Crippen molar-refractivity contribution in [2.24, 2.45) is 5.41 Å². The number of fused-ring (bicyclic) bond motifs is 1. The second-order valence-electron chi connectivity index (χ2n) is 11.8. The average molecular weight is 507 g/mol. The maximum absolute atomic E-state index is 12.0. The van der Waals surface area contributed by atoms with Crippen molar-refractivity contribution in [3.63, 3.8) is 0 Å². The largest absolute Gasteiger partial charge is 0.350 e. The summed E-state index contributed by atoms with van der Waals surface area (Å²) in [7, 11) is 0. The summed E-state index contributed by atoms with van der Waals surface area (Å²) >= 11 is 6.74. The van der Waals surface area contributed by atoms with Crippen molar-refractivity contribution in [2.45, 2.75) is 71.4 Å². The molecule has 2 aromatic heterocycles. The van der Waals surface area contributed by atoms with Crippen LogP contribution in [0.25, 0.3) is 22.0 Å². The molecule has 190 valence electrons. The van der Waals surface area contributed by atoms with Gasteiger partial charge in [-0.2, -0.15) is 10.2 Å². The first-order chi connectivity index (χ1) is 17.1. The molecule has 1 aliphatic carbocycles. The van der Waals surface area contributed by atoms with Crippen LogP contribution in [-0.2, 0) is 4.79 Å². The van der Waals surface area contributed by atoms with Crippen LogP contribution >= 0.6 is 11.6 Å². The number of rotatable bonds is 4. The Balaban J connectivity index is 1.44. The van der Waals surface area contributed by atoms with E-state index in [9.17, 15) is 4.79 Å². The second-order valence-corrected chi connectivity index (χ2v) is 12.2. The van der Waals surface area contributed by atoms with Crippen molar-refractivity contribution in [3.05, 3.63) is 41.2 Å². The van der Waals surface area contributed by atoms with Crippen molar-refractivity contribution < 1.29 is 4.79 Å². The first-order valence-corrected chi connectivity index (χ1v) is 13.4. The third kappa shape index (κ3) is 3.42. The minimum absolute atomic E-state index is 0.0287. The van der Waals surface area contributed by atoms with Gasteiger partial charge >= 0.3 is 0 Å². The standard InChI is InChI=1S/C28H35ClN6O/c1-6-23(36)33-15-28(16-33)12-19(13-28)35-18(3)25(26(32-35)34-10-8-7-9-27(34,4)5)24-17(2)21(29)11-22-20(24)14-30-31-22/h6,11,14,19H,1,7-10,12-13,15-16H2,2-5H3,(H,30,31). The Morgan fingerprint density at radius 2 is 1.97 bits per heavy atom. The quantitative estimate of drug-likeness (QED) is 0.453. The highest BCUT2D eigenvalue weighted by Crippen LogP contribution is 2.55. The zero-order chi connectivity index (χ0) is 25.4. The molecule has 8 heteroatoms. The summed E-state index contributed by atoms with van der Waals surface area (Å²) < 4.78 is 2.27. The number of nitrogens with zero attached hydrogens (tertiary/aromatic N) is 5. The summed E-state index contributed by atoms with van der Waals surface area (Å²) in [6, 6.07) is 2.31. The van der Waals surface area contributed by atoms with E-state index in [0.29, 0.717) is 6.04 Å². The van der Waals surface area contributed by atoms with E-state index in [1.165, 1.54) is 30.2 Å². The third-order valence-corrected chi connectivity index (χ3v) is 9.35. The molecule has 0 atom stereocenters. The third-order valence-electron chi connectivity index (χ3n) is 8.95. The Morgan fingerprint density at radius 1 is 1.22 bits per heavy atom. The van der Waals surface area contributed by atoms with Gasteiger partial charge in [0, 0.05) is 57.8 Å². The van der Waals surface area contributed by atoms with Gasteiger partial charge in [0.05, 0.1) is 17.8 Å². The van der Waals surface area contributed by atoms with E-state index in [1.807, 2.05) is 17.2 Å². The predicted molar refractivity (Wildman–Crippen MR) is 145 cm³/mol. The maximum Gasteiger partial charge on any atom is 0.245 e. The number of piperidine rings is 1. The van der Waals surface area contributed by atoms with Crippen molar-refractivity contribution in [3.8, 4) is 11.1 Å². The first kappa shape index (κ1) is 23.6. The highest BCUT2D eigenvalue weighted by Gasteiger charge is 2.54. The number of likely N-dealkylation sites (tertiary alicyclic amines) is 1. The minimum atomic E-state index is 0.0287. The molecule has 0 bridgehead atoms. The Kier molecular flexibility index (Phi) is 5.31. The molecule has 6 rings (SSSR count). The smallest absolute Gasteiger partial charge is 0.245 e. The lowest BCUT2D eigenvalue weighted by molar-refractivity contribution is -0.149. The van der Waals surface area contributed by atoms with Crippen LogP contribution in [0.15, 0.2) is 24.9 Å². The molecule has 3 fully saturated rings. The highest BCUT2D eigenvalue weighted by atomic mass is 35.5. The molecule has 1 N–H and O–H groups in total. The Hall–Kier alpha value is -2.80. The monoisotopic (exact) mass is 506 g/mol. The predicted octanol–water partition coefficient (Wildman–Crippen LogP) is 5.82. The van der Waals surface area contributed by atoms with Crippen LogP contribution in [0.5, 0.6) is 0 Å². The number of carbonyl (C=O) groups excluding carboxylic acids is 1. The highest BCUT2D eigenvalue weighted by molar-refractivity contribution is 6.33. The van der Waals surface area contributed by atoms with E-state index in [-0.39, 0.29) is 16.9 Å². The summed E-state index contributed by atoms with van der Waals surface area (Å²) in [4.78, 5) is 16.4. The van der Waals surface area contributed by atoms with Gasteiger partial charge in [-0.05, 0) is 77.5 Å². The molecule has 3 aliphatic rings. The summed E-state index contributed by atoms with van der Waals surface area (Å²) in [5.74, 6) is 1.10. The van der Waals surface area contributed by atoms with Gasteiger partial charge in [-0.1, -0.05) is 18.2 Å². The fourth-order valence-electron chi connectivity index (χ4n) is 6.90. The number of halogens is 1. The van der Waals surface area contributed by atoms with Crippen LogP contribution < -0.4 is 4.90 Å². The van der Waals surface area contributed by atoms with E-state index >= 15 is 0 Å². The van der Waals surface area contributed by atoms with Crippen LogP contribution in [-0.4, -0.2) is 56.0 Å². The lowest BCUT2D eigenvalue weighted by atomic mass is 9.60. The van der Waals surface area contributed by atoms with E-state index in [1.54, 1.807) is 0 Å². The summed E-state index contributed by atoms with van der Waals surface area (Å²) in [5.41, 5.74) is 5.75. The van der Waals surface area contributed by atoms with Crippen LogP contribution in [0, 0.1) is 19.3 Å². The molecule has 1 aromatic carbocycles. The van der Waals surface area contributed by atoms with Gasteiger partial charge in [0.25, 0.3) is 0 Å². The van der Waals surface area contributed by atoms with Crippen LogP contribution in [0.4, 0.5) is 5.82 Å². The van der Waals surface area contributed by atoms with Crippen LogP contribution in [0.1, 0.15) is 63.3 Å². The second kappa shape index (κ2) is 8.10. The van der Waals surface area contributed by atoms with Crippen molar-refractivity contribution >= 4 is 34.2 Å². The van der Waals surface area contributed by atoms with E-state index in [4.69, 9.17) is 16.7 Å². The fraction of sp³-hybridized carbons (Fsp3) is 0.536. The number of hydrogen-bond acceptors (Lipinski definition) is 4. The van der Waals surface area contributed by atoms with Gasteiger partial charge in [0.15, 0.2) is 5.82 Å². The molecule has 36 heavy (non-hydrogen) atoms. The maximum atomic E-state index is 12.0. The molecular weight excluding hydrogens is 472 g/mol. The zero-order valence-corrected chi connectivity index (χ0v) is 22.5. The molecular formula is C28H35ClN6O. The normalized spacial score (nSPS) is 21.0. The molecule has 4 heterocycles. The summed E-state index contributed by atoms with van der Waals surface area (Å²) in [6.07, 6.45) is 8.99. The SMILES string of the molecule is C=CC(=O)N1CC2(CC(n3nc(N4CCCCC4(C)C)c(-c4c(C)c(Cl)cc5[nH]ncc45)c3C)C2)C1. The van der Waals surface area contributed by atoms with Crippen molar-refractivity contribution in [2.75, 3.05) is 24.5 Å². The number of hydrogen-bond donors (Lipinski definition) is 1. The number of nitrogens with one attached hydrogen (secondary N) is 1. The number of carbonyl (C=O) groups is 1. The fourth-order valence-corrected chi connectivity index (χ4v) is 7.11. The Bertz CT molecular complexity index is 1370. The number of anilines is 1. The van der Waals surface area contributed by atoms with Crippen LogP contribution in [0.2, 0.25) is 5.02 Å². The molecule has 1 amide bonds. The van der Waals surface area contributed by atoms with Crippen molar-refractivity contribution in [1.29, 1.82) is 0 Å².